The van der Waals surface area contributed by atoms with Gasteiger partial charge < -0.3 is 14.8 Å². The maximum Gasteiger partial charge on any atom is 0.419 e. The van der Waals surface area contributed by atoms with Crippen LogP contribution >= 0.6 is 28.1 Å². The molecule has 140 valence electrons. The van der Waals surface area contributed by atoms with Gasteiger partial charge in [-0.1, -0.05) is 35.0 Å². The predicted molar refractivity (Wildman–Crippen MR) is 103 cm³/mol. The van der Waals surface area contributed by atoms with Crippen LogP contribution in [0, 0.1) is 0 Å². The highest BCUT2D eigenvalue weighted by Gasteiger charge is 2.34. The number of benzene rings is 2. The van der Waals surface area contributed by atoms with Crippen molar-refractivity contribution in [3.05, 3.63) is 57.6 Å². The average molecular weight is 448 g/mol. The van der Waals surface area contributed by atoms with E-state index in [4.69, 9.17) is 21.7 Å². The van der Waals surface area contributed by atoms with Crippen LogP contribution in [0.3, 0.4) is 0 Å². The Labute approximate surface area is 163 Å². The number of hydrogen-bond donors (Lipinski definition) is 1. The van der Waals surface area contributed by atoms with Gasteiger partial charge in [-0.05, 0) is 48.5 Å². The van der Waals surface area contributed by atoms with Gasteiger partial charge in [0.25, 0.3) is 5.17 Å². The monoisotopic (exact) mass is 447 g/mol. The quantitative estimate of drug-likeness (QED) is 0.573. The molecule has 0 aliphatic rings. The lowest BCUT2D eigenvalue weighted by Gasteiger charge is -2.17. The highest BCUT2D eigenvalue weighted by molar-refractivity contribution is 9.10. The van der Waals surface area contributed by atoms with Crippen molar-refractivity contribution in [2.45, 2.75) is 26.1 Å². The number of halogens is 4. The number of rotatable bonds is 5. The number of methoxy groups -OCH3 is 1. The predicted octanol–water partition coefficient (Wildman–Crippen LogP) is 5.95. The smallest absolute Gasteiger partial charge is 0.419 e. The minimum absolute atomic E-state index is 0.0787. The van der Waals surface area contributed by atoms with Gasteiger partial charge in [0.15, 0.2) is 0 Å². The summed E-state index contributed by atoms with van der Waals surface area (Å²) < 4.78 is 51.1. The van der Waals surface area contributed by atoms with E-state index in [9.17, 15) is 13.2 Å². The topological polar surface area (TPSA) is 30.5 Å². The lowest BCUT2D eigenvalue weighted by atomic mass is 10.1. The van der Waals surface area contributed by atoms with Crippen molar-refractivity contribution in [3.8, 4) is 5.75 Å². The third kappa shape index (κ3) is 5.11. The van der Waals surface area contributed by atoms with Gasteiger partial charge in [0, 0.05) is 15.7 Å². The van der Waals surface area contributed by atoms with Crippen molar-refractivity contribution in [3.63, 3.8) is 0 Å². The van der Waals surface area contributed by atoms with Crippen LogP contribution in [-0.4, -0.2) is 12.3 Å². The Hall–Kier alpha value is -1.80. The first-order valence-electron chi connectivity index (χ1n) is 7.71. The van der Waals surface area contributed by atoms with E-state index in [1.54, 1.807) is 31.2 Å². The molecule has 3 nitrogen and oxygen atoms in total. The van der Waals surface area contributed by atoms with Crippen molar-refractivity contribution < 1.29 is 22.6 Å². The van der Waals surface area contributed by atoms with Crippen molar-refractivity contribution in [1.82, 2.24) is 0 Å². The Kier molecular flexibility index (Phi) is 6.88. The number of hydrogen-bond acceptors (Lipinski definition) is 3. The van der Waals surface area contributed by atoms with Crippen molar-refractivity contribution >= 4 is 39.0 Å². The van der Waals surface area contributed by atoms with Gasteiger partial charge in [-0.15, -0.1) is 0 Å². The number of nitrogens with one attached hydrogen (secondary N) is 1. The summed E-state index contributed by atoms with van der Waals surface area (Å²) in [7, 11) is 1.42. The molecule has 2 aromatic rings. The molecule has 0 unspecified atom stereocenters. The summed E-state index contributed by atoms with van der Waals surface area (Å²) >= 11 is 8.36. The van der Waals surface area contributed by atoms with Crippen molar-refractivity contribution in [2.75, 3.05) is 12.4 Å². The Morgan fingerprint density at radius 3 is 2.58 bits per heavy atom. The second-order valence-electron chi connectivity index (χ2n) is 5.35. The molecule has 0 saturated carbocycles. The molecule has 0 bridgehead atoms. The Morgan fingerprint density at radius 1 is 1.23 bits per heavy atom. The molecule has 0 aliphatic heterocycles. The van der Waals surface area contributed by atoms with Gasteiger partial charge in [-0.25, -0.2) is 0 Å². The van der Waals surface area contributed by atoms with Crippen LogP contribution in [0.1, 0.15) is 23.6 Å². The van der Waals surface area contributed by atoms with Crippen LogP contribution in [0.15, 0.2) is 40.9 Å². The minimum atomic E-state index is -4.49. The van der Waals surface area contributed by atoms with Crippen LogP contribution in [-0.2, 0) is 23.9 Å². The highest BCUT2D eigenvalue weighted by atomic mass is 79.9. The van der Waals surface area contributed by atoms with Gasteiger partial charge in [-0.3, -0.25) is 0 Å². The molecule has 0 amide bonds. The molecule has 0 aliphatic carbocycles. The van der Waals surface area contributed by atoms with E-state index in [0.29, 0.717) is 27.7 Å². The SMILES string of the molecule is CCc1ccc(OCc2c(Br)cccc2NC(=S)OC)c(C(F)(F)F)c1. The summed E-state index contributed by atoms with van der Waals surface area (Å²) in [4.78, 5) is 0. The molecular formula is C18H17BrF3NO2S. The summed E-state index contributed by atoms with van der Waals surface area (Å²) in [5.74, 6) is -0.217. The summed E-state index contributed by atoms with van der Waals surface area (Å²) in [5, 5.41) is 3.02. The second kappa shape index (κ2) is 8.73. The lowest BCUT2D eigenvalue weighted by molar-refractivity contribution is -0.139. The van der Waals surface area contributed by atoms with E-state index >= 15 is 0 Å². The van der Waals surface area contributed by atoms with Gasteiger partial charge in [0.05, 0.1) is 12.7 Å². The van der Waals surface area contributed by atoms with Gasteiger partial charge in [0.2, 0.25) is 0 Å². The normalized spacial score (nSPS) is 11.2. The molecule has 0 atom stereocenters. The second-order valence-corrected chi connectivity index (χ2v) is 6.58. The van der Waals surface area contributed by atoms with E-state index < -0.39 is 11.7 Å². The zero-order valence-electron chi connectivity index (χ0n) is 14.1. The average Bonchev–Trinajstić information content (AvgIpc) is 2.60. The van der Waals surface area contributed by atoms with Crippen LogP contribution < -0.4 is 10.1 Å². The third-order valence-corrected chi connectivity index (χ3v) is 4.68. The zero-order chi connectivity index (χ0) is 19.3. The maximum absolute atomic E-state index is 13.3. The zero-order valence-corrected chi connectivity index (χ0v) is 16.5. The fourth-order valence-corrected chi connectivity index (χ4v) is 2.87. The molecule has 2 aromatic carbocycles. The first-order chi connectivity index (χ1) is 12.3. The molecule has 0 fully saturated rings. The Bertz CT molecular complexity index is 796. The first kappa shape index (κ1) is 20.5. The van der Waals surface area contributed by atoms with E-state index in [1.165, 1.54) is 13.2 Å². The lowest BCUT2D eigenvalue weighted by Crippen LogP contribution is -2.14. The number of aryl methyl sites for hydroxylation is 1. The Balaban J connectivity index is 2.31. The molecule has 8 heteroatoms. The van der Waals surface area contributed by atoms with E-state index in [0.717, 1.165) is 6.07 Å². The van der Waals surface area contributed by atoms with Gasteiger partial charge in [-0.2, -0.15) is 13.2 Å². The van der Waals surface area contributed by atoms with Gasteiger partial charge >= 0.3 is 6.18 Å². The first-order valence-corrected chi connectivity index (χ1v) is 8.91. The molecule has 26 heavy (non-hydrogen) atoms. The van der Waals surface area contributed by atoms with Crippen LogP contribution in [0.2, 0.25) is 0 Å². The molecular weight excluding hydrogens is 431 g/mol. The summed E-state index contributed by atoms with van der Waals surface area (Å²) in [5.41, 5.74) is 1.02. The van der Waals surface area contributed by atoms with Gasteiger partial charge in [0.1, 0.15) is 12.4 Å². The standard InChI is InChI=1S/C18H17BrF3NO2S/c1-3-11-7-8-16(13(9-11)18(20,21)22)25-10-12-14(19)5-4-6-15(12)23-17(26)24-2/h4-9H,3,10H2,1-2H3,(H,23,26). The van der Waals surface area contributed by atoms with Crippen LogP contribution in [0.5, 0.6) is 5.75 Å². The van der Waals surface area contributed by atoms with Crippen LogP contribution in [0.25, 0.3) is 0 Å². The molecule has 0 aromatic heterocycles. The van der Waals surface area contributed by atoms with Crippen molar-refractivity contribution in [2.24, 2.45) is 0 Å². The number of anilines is 1. The molecule has 0 saturated heterocycles. The van der Waals surface area contributed by atoms with E-state index in [1.807, 2.05) is 0 Å². The maximum atomic E-state index is 13.3. The minimum Gasteiger partial charge on any atom is -0.488 e. The molecule has 2 rings (SSSR count). The highest BCUT2D eigenvalue weighted by Crippen LogP contribution is 2.38. The number of thiocarbonyl (C=S) groups is 1. The summed E-state index contributed by atoms with van der Waals surface area (Å²) in [6, 6.07) is 9.37. The number of alkyl halides is 3. The van der Waals surface area contributed by atoms with Crippen molar-refractivity contribution in [1.29, 1.82) is 0 Å². The summed E-state index contributed by atoms with van der Waals surface area (Å²) in [6.07, 6.45) is -3.98. The fourth-order valence-electron chi connectivity index (χ4n) is 2.28. The molecule has 0 radical (unpaired) electrons. The summed E-state index contributed by atoms with van der Waals surface area (Å²) in [6.45, 7) is 1.72. The molecule has 1 N–H and O–H groups in total. The van der Waals surface area contributed by atoms with Crippen LogP contribution in [0.4, 0.5) is 18.9 Å². The largest absolute Gasteiger partial charge is 0.488 e. The molecule has 0 spiro atoms. The molecule has 0 heterocycles. The Morgan fingerprint density at radius 2 is 1.96 bits per heavy atom. The number of ether oxygens (including phenoxy) is 2. The van der Waals surface area contributed by atoms with E-state index in [2.05, 4.69) is 21.2 Å². The third-order valence-electron chi connectivity index (χ3n) is 3.67. The van der Waals surface area contributed by atoms with E-state index in [-0.39, 0.29) is 17.5 Å². The fraction of sp³-hybridized carbons (Fsp3) is 0.278.